The number of hydrogen-bond donors (Lipinski definition) is 1. The van der Waals surface area contributed by atoms with E-state index in [-0.39, 0.29) is 22.4 Å². The summed E-state index contributed by atoms with van der Waals surface area (Å²) in [7, 11) is -3.55. The van der Waals surface area contributed by atoms with Gasteiger partial charge in [0.15, 0.2) is 6.61 Å². The Kier molecular flexibility index (Phi) is 7.98. The third kappa shape index (κ3) is 6.20. The molecular weight excluding hydrogens is 412 g/mol. The topological polar surface area (TPSA) is 75.7 Å². The van der Waals surface area contributed by atoms with Crippen LogP contribution in [0.4, 0.5) is 0 Å². The predicted molar refractivity (Wildman–Crippen MR) is 114 cm³/mol. The van der Waals surface area contributed by atoms with Crippen LogP contribution in [0.5, 0.6) is 5.75 Å². The second-order valence-electron chi connectivity index (χ2n) is 7.55. The first-order valence-corrected chi connectivity index (χ1v) is 12.2. The molecule has 2 aliphatic rings. The summed E-state index contributed by atoms with van der Waals surface area (Å²) in [6.45, 7) is 1.51. The summed E-state index contributed by atoms with van der Waals surface area (Å²) in [4.78, 5) is 12.2. The fourth-order valence-electron chi connectivity index (χ4n) is 3.70. The van der Waals surface area contributed by atoms with Crippen molar-refractivity contribution in [2.24, 2.45) is 0 Å². The summed E-state index contributed by atoms with van der Waals surface area (Å²) in [6.07, 6.45) is 10.7. The van der Waals surface area contributed by atoms with Crippen LogP contribution in [0.3, 0.4) is 0 Å². The molecule has 0 radical (unpaired) electrons. The maximum absolute atomic E-state index is 12.7. The van der Waals surface area contributed by atoms with Crippen LogP contribution in [0, 0.1) is 0 Å². The highest BCUT2D eigenvalue weighted by Gasteiger charge is 2.26. The zero-order valence-corrected chi connectivity index (χ0v) is 18.2. The van der Waals surface area contributed by atoms with Gasteiger partial charge in [0.25, 0.3) is 5.91 Å². The molecule has 8 heteroatoms. The highest BCUT2D eigenvalue weighted by atomic mass is 35.5. The van der Waals surface area contributed by atoms with E-state index in [0.29, 0.717) is 25.4 Å². The van der Waals surface area contributed by atoms with Crippen molar-refractivity contribution in [2.45, 2.75) is 56.3 Å². The molecule has 1 aromatic carbocycles. The lowest BCUT2D eigenvalue weighted by atomic mass is 9.97. The summed E-state index contributed by atoms with van der Waals surface area (Å²) < 4.78 is 32.4. The Hall–Kier alpha value is -1.57. The summed E-state index contributed by atoms with van der Waals surface area (Å²) in [5.41, 5.74) is 1.41. The zero-order chi connectivity index (χ0) is 20.7. The Morgan fingerprint density at radius 3 is 2.62 bits per heavy atom. The van der Waals surface area contributed by atoms with Crippen molar-refractivity contribution in [1.29, 1.82) is 0 Å². The normalized spacial score (nSPS) is 18.2. The van der Waals surface area contributed by atoms with Gasteiger partial charge in [-0.15, -0.1) is 0 Å². The van der Waals surface area contributed by atoms with Gasteiger partial charge in [0, 0.05) is 19.6 Å². The number of carbonyl (C=O) groups is 1. The van der Waals surface area contributed by atoms with E-state index >= 15 is 0 Å². The third-order valence-corrected chi connectivity index (χ3v) is 7.56. The summed E-state index contributed by atoms with van der Waals surface area (Å²) >= 11 is 6.22. The molecule has 0 aromatic heterocycles. The number of piperidine rings is 1. The molecule has 1 saturated heterocycles. The molecule has 1 aromatic rings. The van der Waals surface area contributed by atoms with Gasteiger partial charge < -0.3 is 10.1 Å². The first kappa shape index (κ1) is 22.1. The van der Waals surface area contributed by atoms with E-state index in [1.54, 1.807) is 0 Å². The molecule has 29 heavy (non-hydrogen) atoms. The quantitative estimate of drug-likeness (QED) is 0.622. The molecule has 1 fully saturated rings. The molecule has 1 heterocycles. The number of carbonyl (C=O) groups excluding carboxylic acids is 1. The first-order valence-electron chi connectivity index (χ1n) is 10.3. The van der Waals surface area contributed by atoms with E-state index in [9.17, 15) is 13.2 Å². The Labute approximate surface area is 178 Å². The Morgan fingerprint density at radius 1 is 1.14 bits per heavy atom. The Balaban J connectivity index is 1.49. The van der Waals surface area contributed by atoms with Crippen molar-refractivity contribution in [3.05, 3.63) is 34.9 Å². The minimum Gasteiger partial charge on any atom is -0.482 e. The van der Waals surface area contributed by atoms with Gasteiger partial charge in [-0.1, -0.05) is 29.7 Å². The molecule has 6 nitrogen and oxygen atoms in total. The molecule has 160 valence electrons. The van der Waals surface area contributed by atoms with Crippen LogP contribution in [0.1, 0.15) is 51.4 Å². The standard InChI is InChI=1S/C21H29ClN2O4S/c22-19-15-18(29(26,27)24-13-5-2-6-14-24)9-10-20(19)28-16-21(25)23-12-11-17-7-3-1-4-8-17/h7,9-10,15H,1-6,8,11-14,16H2,(H,23,25). The van der Waals surface area contributed by atoms with Crippen LogP contribution in [-0.2, 0) is 14.8 Å². The van der Waals surface area contributed by atoms with Crippen molar-refractivity contribution in [3.8, 4) is 5.75 Å². The molecule has 0 unspecified atom stereocenters. The third-order valence-electron chi connectivity index (χ3n) is 5.37. The number of halogens is 1. The maximum Gasteiger partial charge on any atom is 0.257 e. The van der Waals surface area contributed by atoms with Gasteiger partial charge in [-0.2, -0.15) is 4.31 Å². The number of benzene rings is 1. The van der Waals surface area contributed by atoms with Crippen LogP contribution in [0.25, 0.3) is 0 Å². The van der Waals surface area contributed by atoms with Crippen molar-refractivity contribution >= 4 is 27.5 Å². The molecule has 3 rings (SSSR count). The summed E-state index contributed by atoms with van der Waals surface area (Å²) in [6, 6.07) is 4.40. The SMILES string of the molecule is O=C(COc1ccc(S(=O)(=O)N2CCCCC2)cc1Cl)NCCC1=CCCCC1. The number of amides is 1. The summed E-state index contributed by atoms with van der Waals surface area (Å²) in [5.74, 6) is 0.0805. The fourth-order valence-corrected chi connectivity index (χ4v) is 5.55. The molecular formula is C21H29ClN2O4S. The fraction of sp³-hybridized carbons (Fsp3) is 0.571. The molecule has 1 amide bonds. The average molecular weight is 441 g/mol. The van der Waals surface area contributed by atoms with Crippen LogP contribution in [-0.4, -0.2) is 44.9 Å². The smallest absolute Gasteiger partial charge is 0.257 e. The van der Waals surface area contributed by atoms with E-state index in [1.807, 2.05) is 0 Å². The number of nitrogens with zero attached hydrogens (tertiary/aromatic N) is 1. The lowest BCUT2D eigenvalue weighted by Gasteiger charge is -2.26. The van der Waals surface area contributed by atoms with E-state index in [0.717, 1.165) is 38.5 Å². The molecule has 0 saturated carbocycles. The van der Waals surface area contributed by atoms with E-state index in [4.69, 9.17) is 16.3 Å². The average Bonchev–Trinajstić information content (AvgIpc) is 2.74. The predicted octanol–water partition coefficient (Wildman–Crippen LogP) is 3.90. The highest BCUT2D eigenvalue weighted by molar-refractivity contribution is 7.89. The monoisotopic (exact) mass is 440 g/mol. The molecule has 1 N–H and O–H groups in total. The number of ether oxygens (including phenoxy) is 1. The van der Waals surface area contributed by atoms with Crippen molar-refractivity contribution in [1.82, 2.24) is 9.62 Å². The van der Waals surface area contributed by atoms with E-state index in [2.05, 4.69) is 11.4 Å². The van der Waals surface area contributed by atoms with Gasteiger partial charge in [0.05, 0.1) is 9.92 Å². The van der Waals surface area contributed by atoms with Crippen LogP contribution >= 0.6 is 11.6 Å². The maximum atomic E-state index is 12.7. The summed E-state index contributed by atoms with van der Waals surface area (Å²) in [5, 5.41) is 3.03. The lowest BCUT2D eigenvalue weighted by Crippen LogP contribution is -2.35. The zero-order valence-electron chi connectivity index (χ0n) is 16.7. The number of hydrogen-bond acceptors (Lipinski definition) is 4. The van der Waals surface area contributed by atoms with Gasteiger partial charge in [-0.25, -0.2) is 8.42 Å². The van der Waals surface area contributed by atoms with Crippen molar-refractivity contribution < 1.29 is 17.9 Å². The largest absolute Gasteiger partial charge is 0.482 e. The number of rotatable bonds is 8. The minimum atomic E-state index is -3.55. The van der Waals surface area contributed by atoms with E-state index in [1.165, 1.54) is 40.9 Å². The number of sulfonamides is 1. The molecule has 1 aliphatic heterocycles. The van der Waals surface area contributed by atoms with Crippen molar-refractivity contribution in [2.75, 3.05) is 26.2 Å². The van der Waals surface area contributed by atoms with Crippen LogP contribution in [0.2, 0.25) is 5.02 Å². The number of nitrogens with one attached hydrogen (secondary N) is 1. The Morgan fingerprint density at radius 2 is 1.93 bits per heavy atom. The Bertz CT molecular complexity index is 848. The molecule has 0 atom stereocenters. The lowest BCUT2D eigenvalue weighted by molar-refractivity contribution is -0.123. The first-order chi connectivity index (χ1) is 14.0. The van der Waals surface area contributed by atoms with Crippen molar-refractivity contribution in [3.63, 3.8) is 0 Å². The van der Waals surface area contributed by atoms with Gasteiger partial charge in [0.1, 0.15) is 5.75 Å². The molecule has 1 aliphatic carbocycles. The highest BCUT2D eigenvalue weighted by Crippen LogP contribution is 2.29. The van der Waals surface area contributed by atoms with Gasteiger partial charge in [-0.3, -0.25) is 4.79 Å². The van der Waals surface area contributed by atoms with E-state index < -0.39 is 10.0 Å². The molecule has 0 spiro atoms. The van der Waals surface area contributed by atoms with Gasteiger partial charge in [-0.05, 0) is 63.1 Å². The number of allylic oxidation sites excluding steroid dienone is 1. The van der Waals surface area contributed by atoms with Gasteiger partial charge >= 0.3 is 0 Å². The van der Waals surface area contributed by atoms with Crippen LogP contribution < -0.4 is 10.1 Å². The van der Waals surface area contributed by atoms with Gasteiger partial charge in [0.2, 0.25) is 10.0 Å². The van der Waals surface area contributed by atoms with Crippen LogP contribution in [0.15, 0.2) is 34.7 Å². The molecule has 0 bridgehead atoms. The minimum absolute atomic E-state index is 0.155. The second kappa shape index (κ2) is 10.5. The second-order valence-corrected chi connectivity index (χ2v) is 9.90.